The number of carboxylic acid groups (broad SMARTS) is 1. The summed E-state index contributed by atoms with van der Waals surface area (Å²) in [5.74, 6) is -1.16. The summed E-state index contributed by atoms with van der Waals surface area (Å²) in [6.45, 7) is 0. The highest BCUT2D eigenvalue weighted by Crippen LogP contribution is 2.31. The highest BCUT2D eigenvalue weighted by atomic mass is 16.6. The molecule has 0 saturated carbocycles. The van der Waals surface area contributed by atoms with Crippen LogP contribution in [0.5, 0.6) is 11.5 Å². The number of hydrogen-bond donors (Lipinski definition) is 1. The summed E-state index contributed by atoms with van der Waals surface area (Å²) in [5.41, 5.74) is -0.997. The lowest BCUT2D eigenvalue weighted by molar-refractivity contribution is -0.385. The molecule has 0 fully saturated rings. The van der Waals surface area contributed by atoms with Crippen LogP contribution in [0, 0.1) is 10.1 Å². The van der Waals surface area contributed by atoms with E-state index in [0.29, 0.717) is 5.75 Å². The van der Waals surface area contributed by atoms with Gasteiger partial charge >= 0.3 is 5.97 Å². The number of nitro benzene ring substituents is 1. The molecule has 19 heavy (non-hydrogen) atoms. The minimum absolute atomic E-state index is 0.0899. The Morgan fingerprint density at radius 3 is 2.53 bits per heavy atom. The Kier molecular flexibility index (Phi) is 3.37. The highest BCUT2D eigenvalue weighted by molar-refractivity contribution is 5.95. The lowest BCUT2D eigenvalue weighted by Crippen LogP contribution is -2.05. The van der Waals surface area contributed by atoms with Gasteiger partial charge in [0.2, 0.25) is 0 Å². The van der Waals surface area contributed by atoms with Gasteiger partial charge in [0, 0.05) is 18.5 Å². The van der Waals surface area contributed by atoms with E-state index in [4.69, 9.17) is 9.84 Å². The van der Waals surface area contributed by atoms with Crippen LogP contribution < -0.4 is 4.74 Å². The zero-order valence-electron chi connectivity index (χ0n) is 9.52. The van der Waals surface area contributed by atoms with E-state index in [1.54, 1.807) is 0 Å². The molecule has 0 aliphatic heterocycles. The van der Waals surface area contributed by atoms with Crippen molar-refractivity contribution < 1.29 is 19.6 Å². The van der Waals surface area contributed by atoms with Crippen molar-refractivity contribution in [3.63, 3.8) is 0 Å². The molecule has 96 valence electrons. The number of hydrogen-bond acceptors (Lipinski definition) is 5. The van der Waals surface area contributed by atoms with E-state index < -0.39 is 22.1 Å². The minimum atomic E-state index is -1.42. The Balaban J connectivity index is 2.48. The summed E-state index contributed by atoms with van der Waals surface area (Å²) < 4.78 is 5.34. The van der Waals surface area contributed by atoms with Crippen LogP contribution in [0.1, 0.15) is 10.4 Å². The number of carbonyl (C=O) groups is 1. The molecule has 0 aliphatic rings. The van der Waals surface area contributed by atoms with Crippen LogP contribution >= 0.6 is 0 Å². The molecule has 0 saturated heterocycles. The van der Waals surface area contributed by atoms with Gasteiger partial charge in [-0.2, -0.15) is 0 Å². The average molecular weight is 260 g/mol. The predicted octanol–water partition coefficient (Wildman–Crippen LogP) is 2.48. The van der Waals surface area contributed by atoms with Gasteiger partial charge in [0.1, 0.15) is 11.5 Å². The molecule has 2 rings (SSSR count). The van der Waals surface area contributed by atoms with Crippen molar-refractivity contribution in [2.24, 2.45) is 0 Å². The molecule has 1 aromatic carbocycles. The first kappa shape index (κ1) is 12.5. The second-order valence-corrected chi connectivity index (χ2v) is 3.50. The lowest BCUT2D eigenvalue weighted by Gasteiger charge is -2.08. The van der Waals surface area contributed by atoms with E-state index in [-0.39, 0.29) is 5.75 Å². The molecule has 1 heterocycles. The van der Waals surface area contributed by atoms with Crippen LogP contribution in [0.15, 0.2) is 42.7 Å². The van der Waals surface area contributed by atoms with E-state index in [2.05, 4.69) is 4.98 Å². The monoisotopic (exact) mass is 260 g/mol. The van der Waals surface area contributed by atoms with E-state index in [0.717, 1.165) is 6.07 Å². The van der Waals surface area contributed by atoms with Crippen molar-refractivity contribution in [2.75, 3.05) is 0 Å². The van der Waals surface area contributed by atoms with Crippen LogP contribution in [-0.2, 0) is 0 Å². The molecule has 1 aromatic heterocycles. The topological polar surface area (TPSA) is 103 Å². The first-order valence-corrected chi connectivity index (χ1v) is 5.18. The quantitative estimate of drug-likeness (QED) is 0.669. The smallest absolute Gasteiger partial charge is 0.346 e. The van der Waals surface area contributed by atoms with Crippen molar-refractivity contribution in [2.45, 2.75) is 0 Å². The van der Waals surface area contributed by atoms with Gasteiger partial charge < -0.3 is 9.84 Å². The molecule has 7 nitrogen and oxygen atoms in total. The number of rotatable bonds is 4. The summed E-state index contributed by atoms with van der Waals surface area (Å²) in [6.07, 6.45) is 2.93. The summed E-state index contributed by atoms with van der Waals surface area (Å²) in [6, 6.07) is 6.87. The Bertz CT molecular complexity index is 627. The molecule has 0 radical (unpaired) electrons. The fourth-order valence-electron chi connectivity index (χ4n) is 1.50. The van der Waals surface area contributed by atoms with E-state index >= 15 is 0 Å². The maximum atomic E-state index is 11.1. The molecule has 0 aliphatic carbocycles. The van der Waals surface area contributed by atoms with Crippen molar-refractivity contribution in [3.05, 3.63) is 58.4 Å². The molecule has 0 unspecified atom stereocenters. The first-order chi connectivity index (χ1) is 9.09. The number of nitro groups is 1. The van der Waals surface area contributed by atoms with Gasteiger partial charge in [0.25, 0.3) is 5.69 Å². The molecule has 7 heteroatoms. The molecular formula is C12H8N2O5. The maximum absolute atomic E-state index is 11.1. The van der Waals surface area contributed by atoms with Gasteiger partial charge in [-0.25, -0.2) is 4.79 Å². The van der Waals surface area contributed by atoms with Crippen molar-refractivity contribution in [1.29, 1.82) is 0 Å². The minimum Gasteiger partial charge on any atom is -0.477 e. The molecular weight excluding hydrogens is 252 g/mol. The van der Waals surface area contributed by atoms with Gasteiger partial charge in [-0.3, -0.25) is 15.1 Å². The SMILES string of the molecule is O=C(O)c1c(Oc2ccncc2)cccc1[N+](=O)[O-]. The summed E-state index contributed by atoms with van der Waals surface area (Å²) in [5, 5.41) is 19.9. The second kappa shape index (κ2) is 5.13. The average Bonchev–Trinajstić information content (AvgIpc) is 2.39. The van der Waals surface area contributed by atoms with E-state index in [9.17, 15) is 14.9 Å². The Labute approximate surface area is 107 Å². The van der Waals surface area contributed by atoms with E-state index in [1.165, 1.54) is 36.7 Å². The molecule has 0 atom stereocenters. The maximum Gasteiger partial charge on any atom is 0.346 e. The van der Waals surface area contributed by atoms with Crippen LogP contribution in [-0.4, -0.2) is 21.0 Å². The van der Waals surface area contributed by atoms with Crippen LogP contribution in [0.3, 0.4) is 0 Å². The standard InChI is InChI=1S/C12H8N2O5/c15-12(16)11-9(14(17)18)2-1-3-10(11)19-8-4-6-13-7-5-8/h1-7H,(H,15,16). The Morgan fingerprint density at radius 1 is 1.26 bits per heavy atom. The summed E-state index contributed by atoms with van der Waals surface area (Å²) >= 11 is 0. The molecule has 0 bridgehead atoms. The number of carboxylic acids is 1. The molecule has 0 spiro atoms. The van der Waals surface area contributed by atoms with Gasteiger partial charge in [-0.15, -0.1) is 0 Å². The first-order valence-electron chi connectivity index (χ1n) is 5.18. The third-order valence-corrected chi connectivity index (χ3v) is 2.29. The predicted molar refractivity (Wildman–Crippen MR) is 64.4 cm³/mol. The van der Waals surface area contributed by atoms with Crippen molar-refractivity contribution >= 4 is 11.7 Å². The van der Waals surface area contributed by atoms with Crippen LogP contribution in [0.4, 0.5) is 5.69 Å². The van der Waals surface area contributed by atoms with Crippen molar-refractivity contribution in [1.82, 2.24) is 4.98 Å². The van der Waals surface area contributed by atoms with Gasteiger partial charge in [-0.05, 0) is 18.2 Å². The van der Waals surface area contributed by atoms with Crippen molar-refractivity contribution in [3.8, 4) is 11.5 Å². The number of benzene rings is 1. The van der Waals surface area contributed by atoms with Gasteiger partial charge in [0.05, 0.1) is 4.92 Å². The number of aromatic carboxylic acids is 1. The zero-order valence-corrected chi connectivity index (χ0v) is 9.52. The fourth-order valence-corrected chi connectivity index (χ4v) is 1.50. The summed E-state index contributed by atoms with van der Waals surface area (Å²) in [4.78, 5) is 25.0. The number of aromatic nitrogens is 1. The number of ether oxygens (including phenoxy) is 1. The molecule has 2 aromatic rings. The van der Waals surface area contributed by atoms with Crippen LogP contribution in [0.2, 0.25) is 0 Å². The number of pyridine rings is 1. The number of nitrogens with zero attached hydrogens (tertiary/aromatic N) is 2. The molecule has 0 amide bonds. The Morgan fingerprint density at radius 2 is 1.95 bits per heavy atom. The zero-order chi connectivity index (χ0) is 13.8. The lowest BCUT2D eigenvalue weighted by atomic mass is 10.1. The molecule has 1 N–H and O–H groups in total. The third kappa shape index (κ3) is 2.65. The third-order valence-electron chi connectivity index (χ3n) is 2.29. The van der Waals surface area contributed by atoms with Crippen LogP contribution in [0.25, 0.3) is 0 Å². The summed E-state index contributed by atoms with van der Waals surface area (Å²) in [7, 11) is 0. The normalized spacial score (nSPS) is 9.89. The Hall–Kier alpha value is -2.96. The van der Waals surface area contributed by atoms with Gasteiger partial charge in [-0.1, -0.05) is 6.07 Å². The van der Waals surface area contributed by atoms with Gasteiger partial charge in [0.15, 0.2) is 5.56 Å². The van der Waals surface area contributed by atoms with E-state index in [1.807, 2.05) is 0 Å². The fraction of sp³-hybridized carbons (Fsp3) is 0. The highest BCUT2D eigenvalue weighted by Gasteiger charge is 2.24. The largest absolute Gasteiger partial charge is 0.477 e. The second-order valence-electron chi connectivity index (χ2n) is 3.50.